The van der Waals surface area contributed by atoms with E-state index in [1.165, 1.54) is 18.2 Å². The highest BCUT2D eigenvalue weighted by molar-refractivity contribution is 5.89. The average molecular weight is 322 g/mol. The van der Waals surface area contributed by atoms with Crippen molar-refractivity contribution >= 4 is 11.9 Å². The number of hydrogen-bond acceptors (Lipinski definition) is 7. The van der Waals surface area contributed by atoms with Crippen molar-refractivity contribution in [1.82, 2.24) is 0 Å². The van der Waals surface area contributed by atoms with Gasteiger partial charge < -0.3 is 24.8 Å². The van der Waals surface area contributed by atoms with Gasteiger partial charge in [-0.15, -0.1) is 0 Å². The Morgan fingerprint density at radius 2 is 1.83 bits per heavy atom. The topological polar surface area (TPSA) is 113 Å². The molecule has 0 radical (unpaired) electrons. The lowest BCUT2D eigenvalue weighted by Crippen LogP contribution is -2.62. The quantitative estimate of drug-likeness (QED) is 0.519. The Hall–Kier alpha value is -2.22. The van der Waals surface area contributed by atoms with Gasteiger partial charge in [-0.25, -0.2) is 4.79 Å². The number of carbonyl (C=O) groups excluding carboxylic acids is 2. The number of ether oxygens (including phenoxy) is 2. The Bertz CT molecular complexity index is 598. The fourth-order valence-electron chi connectivity index (χ4n) is 2.31. The van der Waals surface area contributed by atoms with Crippen LogP contribution in [0.25, 0.3) is 0 Å². The maximum atomic E-state index is 11.9. The van der Waals surface area contributed by atoms with Gasteiger partial charge in [-0.2, -0.15) is 0 Å². The minimum absolute atomic E-state index is 0.265. The zero-order chi connectivity index (χ0) is 17.0. The standard InChI is InChI=1S/C16H18O7/c1-10(17)23-14-12(18)7-8-13(19)16(14,21)9-22-15(20)11-5-3-2-4-6-11/h2-8,12-14,18-19,21H,9H2,1H3/t12-,13-,14+,16+/m0/s1. The van der Waals surface area contributed by atoms with Crippen LogP contribution in [-0.4, -0.2) is 57.8 Å². The van der Waals surface area contributed by atoms with Gasteiger partial charge in [-0.3, -0.25) is 4.79 Å². The van der Waals surface area contributed by atoms with E-state index in [1.54, 1.807) is 18.2 Å². The molecular formula is C16H18O7. The molecule has 2 rings (SSSR count). The summed E-state index contributed by atoms with van der Waals surface area (Å²) in [6, 6.07) is 8.08. The predicted molar refractivity (Wildman–Crippen MR) is 78.4 cm³/mol. The fraction of sp³-hybridized carbons (Fsp3) is 0.375. The highest BCUT2D eigenvalue weighted by Crippen LogP contribution is 2.28. The van der Waals surface area contributed by atoms with Crippen molar-refractivity contribution in [3.63, 3.8) is 0 Å². The highest BCUT2D eigenvalue weighted by atomic mass is 16.6. The smallest absolute Gasteiger partial charge is 0.338 e. The molecule has 4 atom stereocenters. The summed E-state index contributed by atoms with van der Waals surface area (Å²) in [5.41, 5.74) is -1.88. The van der Waals surface area contributed by atoms with Gasteiger partial charge in [0.15, 0.2) is 11.7 Å². The molecule has 1 aromatic rings. The van der Waals surface area contributed by atoms with E-state index in [0.717, 1.165) is 13.0 Å². The number of esters is 2. The van der Waals surface area contributed by atoms with Gasteiger partial charge in [0.25, 0.3) is 0 Å². The number of rotatable bonds is 4. The van der Waals surface area contributed by atoms with Crippen LogP contribution in [0.5, 0.6) is 0 Å². The van der Waals surface area contributed by atoms with Crippen molar-refractivity contribution in [1.29, 1.82) is 0 Å². The van der Waals surface area contributed by atoms with E-state index >= 15 is 0 Å². The van der Waals surface area contributed by atoms with Gasteiger partial charge in [-0.1, -0.05) is 30.4 Å². The first-order valence-electron chi connectivity index (χ1n) is 7.01. The Balaban J connectivity index is 2.14. The molecule has 0 amide bonds. The first kappa shape index (κ1) is 17.1. The third kappa shape index (κ3) is 3.76. The molecule has 124 valence electrons. The van der Waals surface area contributed by atoms with Gasteiger partial charge in [0.1, 0.15) is 18.8 Å². The Morgan fingerprint density at radius 1 is 1.17 bits per heavy atom. The van der Waals surface area contributed by atoms with Crippen LogP contribution in [0.1, 0.15) is 17.3 Å². The molecule has 0 saturated carbocycles. The Kier molecular flexibility index (Phi) is 5.15. The first-order valence-corrected chi connectivity index (χ1v) is 7.01. The second-order valence-electron chi connectivity index (χ2n) is 5.28. The molecule has 1 aromatic carbocycles. The molecule has 0 aromatic heterocycles. The molecule has 0 fully saturated rings. The zero-order valence-corrected chi connectivity index (χ0v) is 12.5. The Labute approximate surface area is 132 Å². The summed E-state index contributed by atoms with van der Waals surface area (Å²) in [7, 11) is 0. The number of benzene rings is 1. The van der Waals surface area contributed by atoms with Gasteiger partial charge >= 0.3 is 11.9 Å². The molecule has 0 bridgehead atoms. The Morgan fingerprint density at radius 3 is 2.43 bits per heavy atom. The third-order valence-corrected chi connectivity index (χ3v) is 3.54. The summed E-state index contributed by atoms with van der Waals surface area (Å²) >= 11 is 0. The second kappa shape index (κ2) is 6.91. The minimum Gasteiger partial charge on any atom is -0.459 e. The van der Waals surface area contributed by atoms with Crippen LogP contribution in [-0.2, 0) is 14.3 Å². The SMILES string of the molecule is CC(=O)O[C@@H]1[C@@H](O)C=C[C@H](O)[C@]1(O)COC(=O)c1ccccc1. The van der Waals surface area contributed by atoms with E-state index in [4.69, 9.17) is 9.47 Å². The van der Waals surface area contributed by atoms with Crippen LogP contribution in [0.2, 0.25) is 0 Å². The maximum absolute atomic E-state index is 11.9. The minimum atomic E-state index is -2.15. The van der Waals surface area contributed by atoms with E-state index in [0.29, 0.717) is 0 Å². The summed E-state index contributed by atoms with van der Waals surface area (Å²) in [6.45, 7) is 0.453. The van der Waals surface area contributed by atoms with E-state index in [-0.39, 0.29) is 5.56 Å². The predicted octanol–water partition coefficient (Wildman–Crippen LogP) is -0.202. The monoisotopic (exact) mass is 322 g/mol. The van der Waals surface area contributed by atoms with E-state index in [9.17, 15) is 24.9 Å². The molecule has 0 saturated heterocycles. The number of hydrogen-bond donors (Lipinski definition) is 3. The number of aliphatic hydroxyl groups is 3. The number of carbonyl (C=O) groups is 2. The maximum Gasteiger partial charge on any atom is 0.338 e. The van der Waals surface area contributed by atoms with Crippen LogP contribution in [0.3, 0.4) is 0 Å². The van der Waals surface area contributed by atoms with E-state index in [1.807, 2.05) is 0 Å². The van der Waals surface area contributed by atoms with Crippen molar-refractivity contribution in [2.24, 2.45) is 0 Å². The second-order valence-corrected chi connectivity index (χ2v) is 5.28. The van der Waals surface area contributed by atoms with E-state index in [2.05, 4.69) is 0 Å². The van der Waals surface area contributed by atoms with Gasteiger partial charge in [-0.05, 0) is 12.1 Å². The van der Waals surface area contributed by atoms with Crippen LogP contribution < -0.4 is 0 Å². The van der Waals surface area contributed by atoms with Gasteiger partial charge in [0.05, 0.1) is 5.56 Å². The molecular weight excluding hydrogens is 304 g/mol. The van der Waals surface area contributed by atoms with Crippen molar-refractivity contribution in [3.05, 3.63) is 48.0 Å². The first-order chi connectivity index (χ1) is 10.8. The molecule has 0 aliphatic heterocycles. The lowest BCUT2D eigenvalue weighted by atomic mass is 9.82. The zero-order valence-electron chi connectivity index (χ0n) is 12.5. The summed E-state index contributed by atoms with van der Waals surface area (Å²) in [4.78, 5) is 23.1. The highest BCUT2D eigenvalue weighted by Gasteiger charge is 2.51. The van der Waals surface area contributed by atoms with Crippen LogP contribution >= 0.6 is 0 Å². The van der Waals surface area contributed by atoms with Crippen molar-refractivity contribution in [2.45, 2.75) is 30.8 Å². The summed E-state index contributed by atoms with van der Waals surface area (Å²) in [5.74, 6) is -1.46. The molecule has 3 N–H and O–H groups in total. The summed E-state index contributed by atoms with van der Waals surface area (Å²) in [6.07, 6.45) is -1.91. The average Bonchev–Trinajstić information content (AvgIpc) is 2.54. The molecule has 0 unspecified atom stereocenters. The largest absolute Gasteiger partial charge is 0.459 e. The fourth-order valence-corrected chi connectivity index (χ4v) is 2.31. The lowest BCUT2D eigenvalue weighted by Gasteiger charge is -2.41. The molecule has 0 spiro atoms. The normalized spacial score (nSPS) is 29.8. The molecule has 1 aliphatic rings. The lowest BCUT2D eigenvalue weighted by molar-refractivity contribution is -0.204. The molecule has 7 heteroatoms. The van der Waals surface area contributed by atoms with Crippen molar-refractivity contribution < 1.29 is 34.4 Å². The third-order valence-electron chi connectivity index (χ3n) is 3.54. The molecule has 23 heavy (non-hydrogen) atoms. The molecule has 7 nitrogen and oxygen atoms in total. The van der Waals surface area contributed by atoms with Gasteiger partial charge in [0.2, 0.25) is 0 Å². The molecule has 1 aliphatic carbocycles. The van der Waals surface area contributed by atoms with Crippen LogP contribution in [0.15, 0.2) is 42.5 Å². The number of aliphatic hydroxyl groups excluding tert-OH is 2. The van der Waals surface area contributed by atoms with E-state index < -0.39 is 42.5 Å². The summed E-state index contributed by atoms with van der Waals surface area (Å²) < 4.78 is 9.90. The summed E-state index contributed by atoms with van der Waals surface area (Å²) in [5, 5.41) is 30.5. The molecule has 0 heterocycles. The van der Waals surface area contributed by atoms with Crippen molar-refractivity contribution in [2.75, 3.05) is 6.61 Å². The van der Waals surface area contributed by atoms with Crippen LogP contribution in [0, 0.1) is 0 Å². The van der Waals surface area contributed by atoms with Gasteiger partial charge in [0, 0.05) is 6.92 Å². The van der Waals surface area contributed by atoms with Crippen molar-refractivity contribution in [3.8, 4) is 0 Å². The van der Waals surface area contributed by atoms with Crippen LogP contribution in [0.4, 0.5) is 0 Å².